The number of aromatic nitrogens is 5. The highest BCUT2D eigenvalue weighted by molar-refractivity contribution is 5.73. The Morgan fingerprint density at radius 1 is 1.21 bits per heavy atom. The molecule has 3 rings (SSSR count). The lowest BCUT2D eigenvalue weighted by Gasteiger charge is -2.12. The summed E-state index contributed by atoms with van der Waals surface area (Å²) < 4.78 is 28.8. The molecule has 0 radical (unpaired) electrons. The standard InChI is InChI=1S/C16H16F2N6/c1-2-3-5-10-8-9-20-15(19)13(10)16-21-22-23-24(16)12-7-4-6-11(17)14(12)18/h4,6-9H,2-3,5H2,1H3,(H2,19,20). The van der Waals surface area contributed by atoms with E-state index in [-0.39, 0.29) is 17.3 Å². The highest BCUT2D eigenvalue weighted by atomic mass is 19.2. The molecule has 2 N–H and O–H groups in total. The van der Waals surface area contributed by atoms with E-state index in [1.807, 2.05) is 6.07 Å². The molecule has 0 aliphatic carbocycles. The predicted molar refractivity (Wildman–Crippen MR) is 85.3 cm³/mol. The summed E-state index contributed by atoms with van der Waals surface area (Å²) in [6.07, 6.45) is 4.33. The van der Waals surface area contributed by atoms with Gasteiger partial charge in [0.25, 0.3) is 0 Å². The van der Waals surface area contributed by atoms with Crippen LogP contribution in [0.2, 0.25) is 0 Å². The molecule has 3 aromatic rings. The van der Waals surface area contributed by atoms with Crippen molar-refractivity contribution in [2.75, 3.05) is 5.73 Å². The highest BCUT2D eigenvalue weighted by Gasteiger charge is 2.21. The molecule has 8 heteroatoms. The number of hydrogen-bond donors (Lipinski definition) is 1. The van der Waals surface area contributed by atoms with E-state index in [2.05, 4.69) is 27.4 Å². The first-order chi connectivity index (χ1) is 11.6. The Kier molecular flexibility index (Phi) is 4.45. The first-order valence-electron chi connectivity index (χ1n) is 7.60. The number of unbranched alkanes of at least 4 members (excludes halogenated alkanes) is 1. The van der Waals surface area contributed by atoms with Crippen LogP contribution in [0, 0.1) is 11.6 Å². The summed E-state index contributed by atoms with van der Waals surface area (Å²) in [7, 11) is 0. The Bertz CT molecular complexity index is 862. The van der Waals surface area contributed by atoms with Crippen LogP contribution in [-0.2, 0) is 6.42 Å². The zero-order chi connectivity index (χ0) is 17.1. The van der Waals surface area contributed by atoms with Crippen LogP contribution in [0.25, 0.3) is 17.1 Å². The summed E-state index contributed by atoms with van der Waals surface area (Å²) in [6.45, 7) is 2.08. The first kappa shape index (κ1) is 16.0. The molecule has 0 atom stereocenters. The smallest absolute Gasteiger partial charge is 0.191 e. The molecule has 0 saturated carbocycles. The molecule has 2 aromatic heterocycles. The summed E-state index contributed by atoms with van der Waals surface area (Å²) in [5.74, 6) is -1.52. The van der Waals surface area contributed by atoms with Gasteiger partial charge in [0, 0.05) is 6.20 Å². The number of tetrazole rings is 1. The fraction of sp³-hybridized carbons (Fsp3) is 0.250. The van der Waals surface area contributed by atoms with E-state index in [0.29, 0.717) is 5.56 Å². The number of rotatable bonds is 5. The van der Waals surface area contributed by atoms with E-state index < -0.39 is 11.6 Å². The van der Waals surface area contributed by atoms with Crippen LogP contribution >= 0.6 is 0 Å². The third kappa shape index (κ3) is 2.82. The van der Waals surface area contributed by atoms with Crippen LogP contribution in [-0.4, -0.2) is 25.2 Å². The van der Waals surface area contributed by atoms with Crippen molar-refractivity contribution < 1.29 is 8.78 Å². The SMILES string of the molecule is CCCCc1ccnc(N)c1-c1nnnn1-c1cccc(F)c1F. The Balaban J connectivity index is 2.17. The van der Waals surface area contributed by atoms with Gasteiger partial charge in [-0.05, 0) is 47.0 Å². The number of nitrogens with two attached hydrogens (primary N) is 1. The quantitative estimate of drug-likeness (QED) is 0.778. The second kappa shape index (κ2) is 6.69. The maximum absolute atomic E-state index is 14.1. The van der Waals surface area contributed by atoms with Gasteiger partial charge in [0.05, 0.1) is 5.56 Å². The average Bonchev–Trinajstić information content (AvgIpc) is 3.04. The number of nitrogens with zero attached hydrogens (tertiary/aromatic N) is 5. The normalized spacial score (nSPS) is 11.0. The van der Waals surface area contributed by atoms with Crippen LogP contribution in [0.1, 0.15) is 25.3 Å². The lowest BCUT2D eigenvalue weighted by atomic mass is 10.0. The van der Waals surface area contributed by atoms with Crippen molar-refractivity contribution in [2.24, 2.45) is 0 Å². The van der Waals surface area contributed by atoms with Crippen LogP contribution < -0.4 is 5.73 Å². The second-order valence-electron chi connectivity index (χ2n) is 5.32. The molecule has 1 aromatic carbocycles. The van der Waals surface area contributed by atoms with Gasteiger partial charge in [0.15, 0.2) is 17.5 Å². The van der Waals surface area contributed by atoms with E-state index in [4.69, 9.17) is 5.73 Å². The van der Waals surface area contributed by atoms with E-state index in [1.165, 1.54) is 12.1 Å². The molecule has 124 valence electrons. The molecule has 6 nitrogen and oxygen atoms in total. The van der Waals surface area contributed by atoms with Gasteiger partial charge in [0.2, 0.25) is 0 Å². The van der Waals surface area contributed by atoms with Crippen molar-refractivity contribution in [1.82, 2.24) is 25.2 Å². The molecule has 0 spiro atoms. The van der Waals surface area contributed by atoms with Crippen LogP contribution in [0.5, 0.6) is 0 Å². The van der Waals surface area contributed by atoms with E-state index in [9.17, 15) is 8.78 Å². The molecule has 2 heterocycles. The van der Waals surface area contributed by atoms with Crippen molar-refractivity contribution in [3.63, 3.8) is 0 Å². The lowest BCUT2D eigenvalue weighted by molar-refractivity contribution is 0.501. The number of hydrogen-bond acceptors (Lipinski definition) is 5. The van der Waals surface area contributed by atoms with E-state index in [1.54, 1.807) is 6.20 Å². The molecular formula is C16H16F2N6. The number of pyridine rings is 1. The van der Waals surface area contributed by atoms with Gasteiger partial charge in [-0.1, -0.05) is 19.4 Å². The molecule has 24 heavy (non-hydrogen) atoms. The second-order valence-corrected chi connectivity index (χ2v) is 5.32. The molecule has 0 amide bonds. The van der Waals surface area contributed by atoms with E-state index >= 15 is 0 Å². The summed E-state index contributed by atoms with van der Waals surface area (Å²) >= 11 is 0. The monoisotopic (exact) mass is 330 g/mol. The zero-order valence-corrected chi connectivity index (χ0v) is 13.1. The van der Waals surface area contributed by atoms with Gasteiger partial charge >= 0.3 is 0 Å². The maximum Gasteiger partial charge on any atom is 0.191 e. The number of halogens is 2. The summed E-state index contributed by atoms with van der Waals surface area (Å²) in [5, 5.41) is 11.3. The average molecular weight is 330 g/mol. The van der Waals surface area contributed by atoms with Crippen LogP contribution in [0.15, 0.2) is 30.5 Å². The Morgan fingerprint density at radius 2 is 2.04 bits per heavy atom. The molecule has 0 aliphatic rings. The van der Waals surface area contributed by atoms with Crippen molar-refractivity contribution in [3.8, 4) is 17.1 Å². The fourth-order valence-electron chi connectivity index (χ4n) is 2.51. The molecule has 0 saturated heterocycles. The minimum Gasteiger partial charge on any atom is -0.383 e. The summed E-state index contributed by atoms with van der Waals surface area (Å²) in [6, 6.07) is 5.66. The molecule has 0 unspecified atom stereocenters. The largest absolute Gasteiger partial charge is 0.383 e. The van der Waals surface area contributed by atoms with Gasteiger partial charge in [-0.15, -0.1) is 5.10 Å². The van der Waals surface area contributed by atoms with Gasteiger partial charge in [-0.3, -0.25) is 0 Å². The molecule has 0 aliphatic heterocycles. The van der Waals surface area contributed by atoms with Gasteiger partial charge in [-0.25, -0.2) is 13.8 Å². The molecular weight excluding hydrogens is 314 g/mol. The molecule has 0 bridgehead atoms. The number of nitrogen functional groups attached to an aromatic ring is 1. The minimum atomic E-state index is -1.02. The lowest BCUT2D eigenvalue weighted by Crippen LogP contribution is -2.07. The fourth-order valence-corrected chi connectivity index (χ4v) is 2.51. The third-order valence-electron chi connectivity index (χ3n) is 3.72. The highest BCUT2D eigenvalue weighted by Crippen LogP contribution is 2.29. The van der Waals surface area contributed by atoms with Gasteiger partial charge in [0.1, 0.15) is 11.5 Å². The van der Waals surface area contributed by atoms with Crippen molar-refractivity contribution in [2.45, 2.75) is 26.2 Å². The minimum absolute atomic E-state index is 0.0836. The zero-order valence-electron chi connectivity index (χ0n) is 13.1. The maximum atomic E-state index is 14.1. The third-order valence-corrected chi connectivity index (χ3v) is 3.72. The molecule has 0 fully saturated rings. The van der Waals surface area contributed by atoms with Crippen molar-refractivity contribution in [3.05, 3.63) is 47.7 Å². The number of anilines is 1. The van der Waals surface area contributed by atoms with Gasteiger partial charge < -0.3 is 5.73 Å². The van der Waals surface area contributed by atoms with Crippen molar-refractivity contribution >= 4 is 5.82 Å². The number of benzene rings is 1. The predicted octanol–water partition coefficient (Wildman–Crippen LogP) is 2.93. The van der Waals surface area contributed by atoms with Crippen LogP contribution in [0.3, 0.4) is 0 Å². The summed E-state index contributed by atoms with van der Waals surface area (Å²) in [4.78, 5) is 4.08. The Labute approximate surface area is 137 Å². The number of aryl methyl sites for hydroxylation is 1. The summed E-state index contributed by atoms with van der Waals surface area (Å²) in [5.41, 5.74) is 7.38. The first-order valence-corrected chi connectivity index (χ1v) is 7.60. The van der Waals surface area contributed by atoms with Crippen molar-refractivity contribution in [1.29, 1.82) is 0 Å². The van der Waals surface area contributed by atoms with E-state index in [0.717, 1.165) is 35.6 Å². The van der Waals surface area contributed by atoms with Crippen LogP contribution in [0.4, 0.5) is 14.6 Å². The Hall–Kier alpha value is -2.90. The topological polar surface area (TPSA) is 82.5 Å². The Morgan fingerprint density at radius 3 is 2.83 bits per heavy atom. The van der Waals surface area contributed by atoms with Gasteiger partial charge in [-0.2, -0.15) is 4.68 Å².